The molecule has 172 valence electrons. The standard InChI is InChI=1S/C29H30N4O/c1-4-27-26(17-22-9-7-8-19(2)16-22)29(33-20(3)32-27)34-18-21-12-14-23(15-13-21)24-10-5-6-11-25(24)28(30)31/h5-16H,4,17-18H2,1-3H3,(H3,30,31). The lowest BCUT2D eigenvalue weighted by atomic mass is 9.98. The van der Waals surface area contributed by atoms with Gasteiger partial charge in [-0.2, -0.15) is 4.98 Å². The number of benzene rings is 3. The number of nitrogens with zero attached hydrogens (tertiary/aromatic N) is 2. The molecule has 0 aliphatic heterocycles. The monoisotopic (exact) mass is 450 g/mol. The average Bonchev–Trinajstić information content (AvgIpc) is 2.84. The molecule has 4 aromatic rings. The zero-order chi connectivity index (χ0) is 24.1. The molecule has 0 bridgehead atoms. The summed E-state index contributed by atoms with van der Waals surface area (Å²) in [6.45, 7) is 6.54. The summed E-state index contributed by atoms with van der Waals surface area (Å²) in [6, 6.07) is 24.4. The van der Waals surface area contributed by atoms with Gasteiger partial charge in [0.25, 0.3) is 0 Å². The van der Waals surface area contributed by atoms with Crippen LogP contribution in [-0.2, 0) is 19.4 Å². The van der Waals surface area contributed by atoms with E-state index in [0.29, 0.717) is 12.5 Å². The Morgan fingerprint density at radius 1 is 0.912 bits per heavy atom. The van der Waals surface area contributed by atoms with E-state index in [-0.39, 0.29) is 5.84 Å². The Labute approximate surface area is 201 Å². The third-order valence-electron chi connectivity index (χ3n) is 5.82. The largest absolute Gasteiger partial charge is 0.472 e. The SMILES string of the molecule is CCc1nc(C)nc(OCc2ccc(-c3ccccc3C(=N)N)cc2)c1Cc1cccc(C)c1. The lowest BCUT2D eigenvalue weighted by molar-refractivity contribution is 0.289. The van der Waals surface area contributed by atoms with Gasteiger partial charge in [0.15, 0.2) is 0 Å². The van der Waals surface area contributed by atoms with Gasteiger partial charge < -0.3 is 10.5 Å². The maximum absolute atomic E-state index is 7.84. The van der Waals surface area contributed by atoms with Gasteiger partial charge in [-0.25, -0.2) is 4.98 Å². The van der Waals surface area contributed by atoms with E-state index in [1.54, 1.807) is 0 Å². The molecule has 4 rings (SSSR count). The molecule has 0 fully saturated rings. The van der Waals surface area contributed by atoms with Crippen LogP contribution in [0.25, 0.3) is 11.1 Å². The summed E-state index contributed by atoms with van der Waals surface area (Å²) in [7, 11) is 0. The maximum Gasteiger partial charge on any atom is 0.220 e. The molecule has 34 heavy (non-hydrogen) atoms. The van der Waals surface area contributed by atoms with Gasteiger partial charge in [0.2, 0.25) is 5.88 Å². The van der Waals surface area contributed by atoms with Gasteiger partial charge in [0.05, 0.1) is 5.69 Å². The van der Waals surface area contributed by atoms with Gasteiger partial charge in [-0.15, -0.1) is 0 Å². The molecular formula is C29H30N4O. The number of aromatic nitrogens is 2. The van der Waals surface area contributed by atoms with Gasteiger partial charge in [-0.1, -0.05) is 85.3 Å². The van der Waals surface area contributed by atoms with Crippen molar-refractivity contribution in [1.29, 1.82) is 5.41 Å². The highest BCUT2D eigenvalue weighted by Crippen LogP contribution is 2.26. The van der Waals surface area contributed by atoms with Crippen LogP contribution in [0.15, 0.2) is 72.8 Å². The molecule has 0 amide bonds. The van der Waals surface area contributed by atoms with E-state index < -0.39 is 0 Å². The van der Waals surface area contributed by atoms with E-state index >= 15 is 0 Å². The van der Waals surface area contributed by atoms with Crippen LogP contribution < -0.4 is 10.5 Å². The first kappa shape index (κ1) is 23.2. The predicted molar refractivity (Wildman–Crippen MR) is 137 cm³/mol. The van der Waals surface area contributed by atoms with Crippen LogP contribution >= 0.6 is 0 Å². The molecule has 0 saturated heterocycles. The number of hydrogen-bond acceptors (Lipinski definition) is 4. The number of ether oxygens (including phenoxy) is 1. The van der Waals surface area contributed by atoms with Crippen molar-refractivity contribution in [2.75, 3.05) is 0 Å². The second kappa shape index (κ2) is 10.3. The zero-order valence-corrected chi connectivity index (χ0v) is 19.9. The van der Waals surface area contributed by atoms with Gasteiger partial charge in [-0.3, -0.25) is 5.41 Å². The molecule has 0 unspecified atom stereocenters. The highest BCUT2D eigenvalue weighted by Gasteiger charge is 2.15. The Hall–Kier alpha value is -3.99. The molecule has 3 aromatic carbocycles. The number of nitrogens with two attached hydrogens (primary N) is 1. The molecule has 3 N–H and O–H groups in total. The first-order chi connectivity index (χ1) is 16.4. The van der Waals surface area contributed by atoms with Crippen LogP contribution in [0.1, 0.15) is 46.3 Å². The minimum absolute atomic E-state index is 0.0648. The number of aryl methyl sites for hydroxylation is 3. The van der Waals surface area contributed by atoms with E-state index in [0.717, 1.165) is 52.2 Å². The normalized spacial score (nSPS) is 10.8. The third-order valence-corrected chi connectivity index (χ3v) is 5.82. The molecule has 0 aliphatic rings. The van der Waals surface area contributed by atoms with Crippen LogP contribution in [-0.4, -0.2) is 15.8 Å². The second-order valence-corrected chi connectivity index (χ2v) is 8.47. The average molecular weight is 451 g/mol. The summed E-state index contributed by atoms with van der Waals surface area (Å²) < 4.78 is 6.25. The summed E-state index contributed by atoms with van der Waals surface area (Å²) in [5.74, 6) is 1.43. The first-order valence-electron chi connectivity index (χ1n) is 11.5. The number of rotatable bonds is 8. The molecular weight excluding hydrogens is 420 g/mol. The van der Waals surface area contributed by atoms with E-state index in [2.05, 4.69) is 48.1 Å². The van der Waals surface area contributed by atoms with Crippen molar-refractivity contribution in [3.05, 3.63) is 112 Å². The summed E-state index contributed by atoms with van der Waals surface area (Å²) in [4.78, 5) is 9.32. The van der Waals surface area contributed by atoms with Crippen molar-refractivity contribution in [2.45, 2.75) is 40.2 Å². The Morgan fingerprint density at radius 3 is 2.38 bits per heavy atom. The van der Waals surface area contributed by atoms with Crippen molar-refractivity contribution in [2.24, 2.45) is 5.73 Å². The minimum Gasteiger partial charge on any atom is -0.472 e. The van der Waals surface area contributed by atoms with Gasteiger partial charge in [0.1, 0.15) is 18.3 Å². The van der Waals surface area contributed by atoms with Crippen LogP contribution in [0.5, 0.6) is 5.88 Å². The molecule has 0 saturated carbocycles. The molecule has 0 aliphatic carbocycles. The fraction of sp³-hybridized carbons (Fsp3) is 0.207. The van der Waals surface area contributed by atoms with Gasteiger partial charge >= 0.3 is 0 Å². The van der Waals surface area contributed by atoms with E-state index in [1.165, 1.54) is 11.1 Å². The third kappa shape index (κ3) is 5.31. The van der Waals surface area contributed by atoms with E-state index in [1.807, 2.05) is 55.5 Å². The van der Waals surface area contributed by atoms with Crippen molar-refractivity contribution in [1.82, 2.24) is 9.97 Å². The van der Waals surface area contributed by atoms with Crippen LogP contribution in [0.3, 0.4) is 0 Å². The topological polar surface area (TPSA) is 84.9 Å². The number of nitrogen functional groups attached to an aromatic ring is 1. The van der Waals surface area contributed by atoms with Crippen molar-refractivity contribution in [3.8, 4) is 17.0 Å². The fourth-order valence-corrected chi connectivity index (χ4v) is 4.14. The van der Waals surface area contributed by atoms with Crippen molar-refractivity contribution >= 4 is 5.84 Å². The fourth-order valence-electron chi connectivity index (χ4n) is 4.14. The molecule has 0 atom stereocenters. The lowest BCUT2D eigenvalue weighted by Crippen LogP contribution is -2.12. The number of hydrogen-bond donors (Lipinski definition) is 2. The highest BCUT2D eigenvalue weighted by atomic mass is 16.5. The summed E-state index contributed by atoms with van der Waals surface area (Å²) in [6.07, 6.45) is 1.56. The van der Waals surface area contributed by atoms with Crippen LogP contribution in [0, 0.1) is 19.3 Å². The number of amidine groups is 1. The van der Waals surface area contributed by atoms with Gasteiger partial charge in [0, 0.05) is 17.5 Å². The molecule has 0 radical (unpaired) electrons. The summed E-state index contributed by atoms with van der Waals surface area (Å²) in [5.41, 5.74) is 14.0. The molecule has 0 spiro atoms. The summed E-state index contributed by atoms with van der Waals surface area (Å²) in [5, 5.41) is 7.84. The highest BCUT2D eigenvalue weighted by molar-refractivity contribution is 6.01. The van der Waals surface area contributed by atoms with E-state index in [4.69, 9.17) is 15.9 Å². The minimum atomic E-state index is 0.0648. The van der Waals surface area contributed by atoms with Crippen LogP contribution in [0.2, 0.25) is 0 Å². The lowest BCUT2D eigenvalue weighted by Gasteiger charge is -2.15. The molecule has 1 aromatic heterocycles. The van der Waals surface area contributed by atoms with Crippen molar-refractivity contribution < 1.29 is 4.74 Å². The number of nitrogens with one attached hydrogen (secondary N) is 1. The molecule has 5 heteroatoms. The first-order valence-corrected chi connectivity index (χ1v) is 11.5. The smallest absolute Gasteiger partial charge is 0.220 e. The van der Waals surface area contributed by atoms with Crippen LogP contribution in [0.4, 0.5) is 0 Å². The Kier molecular flexibility index (Phi) is 7.02. The van der Waals surface area contributed by atoms with Gasteiger partial charge in [-0.05, 0) is 42.5 Å². The molecule has 5 nitrogen and oxygen atoms in total. The Balaban J connectivity index is 1.57. The van der Waals surface area contributed by atoms with Crippen molar-refractivity contribution in [3.63, 3.8) is 0 Å². The molecule has 1 heterocycles. The zero-order valence-electron chi connectivity index (χ0n) is 19.9. The second-order valence-electron chi connectivity index (χ2n) is 8.47. The predicted octanol–water partition coefficient (Wildman–Crippen LogP) is 5.78. The maximum atomic E-state index is 7.84. The Bertz CT molecular complexity index is 1310. The Morgan fingerprint density at radius 2 is 1.68 bits per heavy atom. The quantitative estimate of drug-likeness (QED) is 0.263. The van der Waals surface area contributed by atoms with E-state index in [9.17, 15) is 0 Å². The summed E-state index contributed by atoms with van der Waals surface area (Å²) >= 11 is 0.